The van der Waals surface area contributed by atoms with E-state index < -0.39 is 5.97 Å². The molecule has 0 amide bonds. The van der Waals surface area contributed by atoms with Gasteiger partial charge in [-0.05, 0) is 6.92 Å². The highest BCUT2D eigenvalue weighted by Gasteiger charge is 2.24. The summed E-state index contributed by atoms with van der Waals surface area (Å²) in [4.78, 5) is 14.3. The van der Waals surface area contributed by atoms with Gasteiger partial charge < -0.3 is 5.11 Å². The summed E-state index contributed by atoms with van der Waals surface area (Å²) in [6.07, 6.45) is 0.111. The molecule has 1 aliphatic heterocycles. The van der Waals surface area contributed by atoms with Crippen molar-refractivity contribution < 1.29 is 9.90 Å². The normalized spacial score (nSPS) is 23.5. The Morgan fingerprint density at radius 2 is 2.55 bits per heavy atom. The zero-order valence-corrected chi connectivity index (χ0v) is 7.54. The molecule has 1 heterocycles. The van der Waals surface area contributed by atoms with Crippen molar-refractivity contribution >= 4 is 40.0 Å². The number of carbonyl (C=O) groups is 1. The summed E-state index contributed by atoms with van der Waals surface area (Å²) in [7, 11) is 0. The SMILES string of the molecule is CC1=NC(=S)SC1CC(=O)O. The molecule has 0 spiro atoms. The Morgan fingerprint density at radius 1 is 1.91 bits per heavy atom. The van der Waals surface area contributed by atoms with Gasteiger partial charge in [0, 0.05) is 5.71 Å². The quantitative estimate of drug-likeness (QED) is 0.666. The van der Waals surface area contributed by atoms with Gasteiger partial charge in [-0.3, -0.25) is 4.79 Å². The van der Waals surface area contributed by atoms with Gasteiger partial charge in [0.2, 0.25) is 0 Å². The van der Waals surface area contributed by atoms with E-state index in [4.69, 9.17) is 17.3 Å². The Morgan fingerprint density at radius 3 is 2.91 bits per heavy atom. The van der Waals surface area contributed by atoms with Crippen LogP contribution < -0.4 is 0 Å². The number of rotatable bonds is 2. The number of thiocarbonyl (C=S) groups is 1. The number of nitrogens with zero attached hydrogens (tertiary/aromatic N) is 1. The summed E-state index contributed by atoms with van der Waals surface area (Å²) in [5, 5.41) is 8.42. The fourth-order valence-corrected chi connectivity index (χ4v) is 2.18. The lowest BCUT2D eigenvalue weighted by Crippen LogP contribution is -2.14. The van der Waals surface area contributed by atoms with Gasteiger partial charge in [0.15, 0.2) is 4.32 Å². The predicted octanol–water partition coefficient (Wildman–Crippen LogP) is 1.32. The topological polar surface area (TPSA) is 49.7 Å². The van der Waals surface area contributed by atoms with Gasteiger partial charge in [0.1, 0.15) is 0 Å². The fourth-order valence-electron chi connectivity index (χ4n) is 0.797. The van der Waals surface area contributed by atoms with Gasteiger partial charge in [-0.2, -0.15) is 0 Å². The highest BCUT2D eigenvalue weighted by Crippen LogP contribution is 2.25. The maximum Gasteiger partial charge on any atom is 0.304 e. The van der Waals surface area contributed by atoms with Gasteiger partial charge in [-0.1, -0.05) is 24.0 Å². The number of carboxylic acid groups (broad SMARTS) is 1. The molecular formula is C6H7NO2S2. The first kappa shape index (κ1) is 8.67. The van der Waals surface area contributed by atoms with Crippen molar-refractivity contribution in [3.05, 3.63) is 0 Å². The molecule has 60 valence electrons. The van der Waals surface area contributed by atoms with Gasteiger partial charge >= 0.3 is 5.97 Å². The van der Waals surface area contributed by atoms with Gasteiger partial charge in [-0.15, -0.1) is 0 Å². The van der Waals surface area contributed by atoms with E-state index in [-0.39, 0.29) is 11.7 Å². The minimum absolute atomic E-state index is 0.0417. The molecule has 5 heteroatoms. The maximum absolute atomic E-state index is 10.3. The Bertz CT molecular complexity index is 237. The summed E-state index contributed by atoms with van der Waals surface area (Å²) in [6.45, 7) is 1.81. The average molecular weight is 189 g/mol. The van der Waals surface area contributed by atoms with E-state index in [1.807, 2.05) is 0 Å². The summed E-state index contributed by atoms with van der Waals surface area (Å²) < 4.78 is 0.550. The van der Waals surface area contributed by atoms with Crippen LogP contribution in [0.5, 0.6) is 0 Å². The number of hydrogen-bond donors (Lipinski definition) is 1. The molecule has 1 atom stereocenters. The lowest BCUT2D eigenvalue weighted by Gasteiger charge is -2.02. The smallest absolute Gasteiger partial charge is 0.304 e. The van der Waals surface area contributed by atoms with Crippen molar-refractivity contribution in [2.45, 2.75) is 18.6 Å². The van der Waals surface area contributed by atoms with Crippen LogP contribution in [0.1, 0.15) is 13.3 Å². The molecule has 0 aromatic heterocycles. The Labute approximate surface area is 73.9 Å². The molecule has 0 aromatic carbocycles. The van der Waals surface area contributed by atoms with Crippen molar-refractivity contribution in [3.8, 4) is 0 Å². The molecule has 11 heavy (non-hydrogen) atoms. The average Bonchev–Trinajstić information content (AvgIpc) is 2.09. The molecule has 0 fully saturated rings. The van der Waals surface area contributed by atoms with E-state index in [0.29, 0.717) is 4.32 Å². The Balaban J connectivity index is 2.57. The minimum atomic E-state index is -0.804. The highest BCUT2D eigenvalue weighted by atomic mass is 32.2. The second-order valence-corrected chi connectivity index (χ2v) is 4.06. The molecule has 0 aromatic rings. The number of aliphatic imine (C=N–C) groups is 1. The third-order valence-corrected chi connectivity index (χ3v) is 2.80. The first-order valence-electron chi connectivity index (χ1n) is 3.07. The first-order valence-corrected chi connectivity index (χ1v) is 4.36. The van der Waals surface area contributed by atoms with Crippen LogP contribution in [0.4, 0.5) is 0 Å². The zero-order valence-electron chi connectivity index (χ0n) is 5.90. The summed E-state index contributed by atoms with van der Waals surface area (Å²) in [5.41, 5.74) is 0.822. The van der Waals surface area contributed by atoms with E-state index in [9.17, 15) is 4.79 Å². The molecular weight excluding hydrogens is 182 g/mol. The summed E-state index contributed by atoms with van der Waals surface area (Å²) in [5.74, 6) is -0.804. The van der Waals surface area contributed by atoms with Crippen molar-refractivity contribution in [3.63, 3.8) is 0 Å². The van der Waals surface area contributed by atoms with Gasteiger partial charge in [0.05, 0.1) is 11.7 Å². The second kappa shape index (κ2) is 3.32. The minimum Gasteiger partial charge on any atom is -0.481 e. The molecule has 1 rings (SSSR count). The standard InChI is InChI=1S/C6H7NO2S2/c1-3-4(2-5(8)9)11-6(10)7-3/h4H,2H2,1H3,(H,8,9). The molecule has 1 aliphatic rings. The zero-order chi connectivity index (χ0) is 8.43. The molecule has 1 unspecified atom stereocenters. The predicted molar refractivity (Wildman–Crippen MR) is 49.3 cm³/mol. The molecule has 0 radical (unpaired) electrons. The van der Waals surface area contributed by atoms with Crippen molar-refractivity contribution in [2.75, 3.05) is 0 Å². The third-order valence-electron chi connectivity index (χ3n) is 1.34. The van der Waals surface area contributed by atoms with E-state index in [1.54, 1.807) is 6.92 Å². The van der Waals surface area contributed by atoms with Gasteiger partial charge in [0.25, 0.3) is 0 Å². The molecule has 0 bridgehead atoms. The van der Waals surface area contributed by atoms with Crippen LogP contribution in [-0.4, -0.2) is 26.4 Å². The van der Waals surface area contributed by atoms with Crippen LogP contribution in [0, 0.1) is 0 Å². The van der Waals surface area contributed by atoms with Crippen LogP contribution >= 0.6 is 24.0 Å². The highest BCUT2D eigenvalue weighted by molar-refractivity contribution is 8.24. The largest absolute Gasteiger partial charge is 0.481 e. The van der Waals surface area contributed by atoms with E-state index in [2.05, 4.69) is 4.99 Å². The fraction of sp³-hybridized carbons (Fsp3) is 0.500. The number of aliphatic carboxylic acids is 1. The first-order chi connectivity index (χ1) is 5.09. The number of thioether (sulfide) groups is 1. The lowest BCUT2D eigenvalue weighted by molar-refractivity contribution is -0.136. The Kier molecular flexibility index (Phi) is 2.62. The van der Waals surface area contributed by atoms with Crippen molar-refractivity contribution in [1.82, 2.24) is 0 Å². The molecule has 0 saturated heterocycles. The van der Waals surface area contributed by atoms with Crippen LogP contribution in [-0.2, 0) is 4.79 Å². The van der Waals surface area contributed by atoms with Crippen LogP contribution in [0.15, 0.2) is 4.99 Å². The summed E-state index contributed by atoms with van der Waals surface area (Å²) >= 11 is 6.16. The molecule has 1 N–H and O–H groups in total. The second-order valence-electron chi connectivity index (χ2n) is 2.22. The monoisotopic (exact) mass is 189 g/mol. The number of carboxylic acids is 1. The van der Waals surface area contributed by atoms with Crippen LogP contribution in [0.3, 0.4) is 0 Å². The van der Waals surface area contributed by atoms with Crippen LogP contribution in [0.25, 0.3) is 0 Å². The third kappa shape index (κ3) is 2.27. The molecule has 0 aliphatic carbocycles. The summed E-state index contributed by atoms with van der Waals surface area (Å²) in [6, 6.07) is 0. The van der Waals surface area contributed by atoms with Crippen LogP contribution in [0.2, 0.25) is 0 Å². The number of hydrogen-bond acceptors (Lipinski definition) is 3. The van der Waals surface area contributed by atoms with Gasteiger partial charge in [-0.25, -0.2) is 4.99 Å². The maximum atomic E-state index is 10.3. The van der Waals surface area contributed by atoms with Crippen molar-refractivity contribution in [1.29, 1.82) is 0 Å². The van der Waals surface area contributed by atoms with E-state index in [1.165, 1.54) is 11.8 Å². The van der Waals surface area contributed by atoms with Crippen molar-refractivity contribution in [2.24, 2.45) is 4.99 Å². The molecule has 0 saturated carbocycles. The van der Waals surface area contributed by atoms with E-state index >= 15 is 0 Å². The molecule has 3 nitrogen and oxygen atoms in total. The lowest BCUT2D eigenvalue weighted by atomic mass is 10.2. The van der Waals surface area contributed by atoms with E-state index in [0.717, 1.165) is 5.71 Å². The Hall–Kier alpha value is -0.420.